The van der Waals surface area contributed by atoms with E-state index in [-0.39, 0.29) is 5.69 Å². The number of hydrogen-bond donors (Lipinski definition) is 1. The number of methoxy groups -OCH3 is 1. The number of benzene rings is 2. The highest BCUT2D eigenvalue weighted by atomic mass is 79.9. The van der Waals surface area contributed by atoms with Crippen molar-refractivity contribution in [3.05, 3.63) is 58.3 Å². The molecule has 0 saturated carbocycles. The van der Waals surface area contributed by atoms with Crippen molar-refractivity contribution in [2.24, 2.45) is 0 Å². The summed E-state index contributed by atoms with van der Waals surface area (Å²) >= 11 is 3.28. The van der Waals surface area contributed by atoms with Crippen LogP contribution in [0.1, 0.15) is 17.3 Å². The maximum Gasteiger partial charge on any atom is 0.337 e. The van der Waals surface area contributed by atoms with Crippen LogP contribution in [-0.2, 0) is 9.53 Å². The largest absolute Gasteiger partial charge is 0.480 e. The van der Waals surface area contributed by atoms with Gasteiger partial charge in [0.1, 0.15) is 11.6 Å². The fourth-order valence-electron chi connectivity index (χ4n) is 1.88. The summed E-state index contributed by atoms with van der Waals surface area (Å²) in [5.41, 5.74) is 0.429. The summed E-state index contributed by atoms with van der Waals surface area (Å²) in [7, 11) is 1.29. The van der Waals surface area contributed by atoms with E-state index in [0.717, 1.165) is 0 Å². The normalized spacial score (nSPS) is 11.5. The molecule has 0 bridgehead atoms. The predicted octanol–water partition coefficient (Wildman–Crippen LogP) is 3.78. The Labute approximate surface area is 146 Å². The summed E-state index contributed by atoms with van der Waals surface area (Å²) in [5, 5.41) is 2.46. The van der Waals surface area contributed by atoms with Gasteiger partial charge in [-0.1, -0.05) is 12.1 Å². The fraction of sp³-hybridized carbons (Fsp3) is 0.176. The van der Waals surface area contributed by atoms with E-state index in [2.05, 4.69) is 26.0 Å². The second-order valence-electron chi connectivity index (χ2n) is 4.87. The monoisotopic (exact) mass is 395 g/mol. The first-order valence-corrected chi connectivity index (χ1v) is 7.81. The zero-order valence-electron chi connectivity index (χ0n) is 13.0. The van der Waals surface area contributed by atoms with Crippen molar-refractivity contribution in [3.63, 3.8) is 0 Å². The molecule has 24 heavy (non-hydrogen) atoms. The van der Waals surface area contributed by atoms with Crippen LogP contribution in [0.3, 0.4) is 0 Å². The molecule has 1 atom stereocenters. The first-order chi connectivity index (χ1) is 11.4. The molecule has 1 amide bonds. The topological polar surface area (TPSA) is 64.6 Å². The molecule has 0 spiro atoms. The Bertz CT molecular complexity index is 766. The van der Waals surface area contributed by atoms with Crippen molar-refractivity contribution >= 4 is 33.5 Å². The molecule has 7 heteroatoms. The SMILES string of the molecule is COC(=O)c1ccc(O[C@H](C)C(=O)Nc2ccccc2F)c(Br)c1. The molecule has 0 unspecified atom stereocenters. The van der Waals surface area contributed by atoms with Crippen LogP contribution in [0.5, 0.6) is 5.75 Å². The molecular weight excluding hydrogens is 381 g/mol. The van der Waals surface area contributed by atoms with E-state index in [0.29, 0.717) is 15.8 Å². The number of carbonyl (C=O) groups excluding carboxylic acids is 2. The lowest BCUT2D eigenvalue weighted by atomic mass is 10.2. The van der Waals surface area contributed by atoms with Gasteiger partial charge < -0.3 is 14.8 Å². The standard InChI is InChI=1S/C17H15BrFNO4/c1-10(16(21)20-14-6-4-3-5-13(14)19)24-15-8-7-11(9-12(15)18)17(22)23-2/h3-10H,1-2H3,(H,20,21)/t10-/m1/s1. The molecule has 126 valence electrons. The van der Waals surface area contributed by atoms with Crippen molar-refractivity contribution in [1.29, 1.82) is 0 Å². The number of nitrogens with one attached hydrogen (secondary N) is 1. The average Bonchev–Trinajstić information content (AvgIpc) is 2.57. The molecule has 2 rings (SSSR count). The van der Waals surface area contributed by atoms with Crippen LogP contribution < -0.4 is 10.1 Å². The Morgan fingerprint density at radius 1 is 1.21 bits per heavy atom. The molecule has 0 aliphatic rings. The summed E-state index contributed by atoms with van der Waals surface area (Å²) in [6, 6.07) is 10.5. The van der Waals surface area contributed by atoms with E-state index in [1.54, 1.807) is 12.1 Å². The van der Waals surface area contributed by atoms with Gasteiger partial charge in [-0.2, -0.15) is 0 Å². The van der Waals surface area contributed by atoms with Crippen molar-refractivity contribution in [2.75, 3.05) is 12.4 Å². The maximum absolute atomic E-state index is 13.6. The molecule has 1 N–H and O–H groups in total. The van der Waals surface area contributed by atoms with Crippen LogP contribution in [0.15, 0.2) is 46.9 Å². The van der Waals surface area contributed by atoms with Crippen LogP contribution >= 0.6 is 15.9 Å². The minimum Gasteiger partial charge on any atom is -0.480 e. The molecule has 0 radical (unpaired) electrons. The average molecular weight is 396 g/mol. The third-order valence-corrected chi connectivity index (χ3v) is 3.78. The lowest BCUT2D eigenvalue weighted by molar-refractivity contribution is -0.122. The minimum atomic E-state index is -0.870. The number of rotatable bonds is 5. The van der Waals surface area contributed by atoms with Gasteiger partial charge in [-0.25, -0.2) is 9.18 Å². The summed E-state index contributed by atoms with van der Waals surface area (Å²) in [6.07, 6.45) is -0.870. The van der Waals surface area contributed by atoms with Gasteiger partial charge in [-0.15, -0.1) is 0 Å². The van der Waals surface area contributed by atoms with Gasteiger partial charge in [-0.3, -0.25) is 4.79 Å². The summed E-state index contributed by atoms with van der Waals surface area (Å²) in [5.74, 6) is -1.13. The van der Waals surface area contributed by atoms with Crippen molar-refractivity contribution < 1.29 is 23.5 Å². The Kier molecular flexibility index (Phi) is 5.92. The summed E-state index contributed by atoms with van der Waals surface area (Å²) in [6.45, 7) is 1.54. The summed E-state index contributed by atoms with van der Waals surface area (Å²) in [4.78, 5) is 23.6. The van der Waals surface area contributed by atoms with Crippen LogP contribution in [0, 0.1) is 5.82 Å². The van der Waals surface area contributed by atoms with Gasteiger partial charge in [0.15, 0.2) is 6.10 Å². The van der Waals surface area contributed by atoms with Gasteiger partial charge in [-0.05, 0) is 53.2 Å². The lowest BCUT2D eigenvalue weighted by Gasteiger charge is -2.16. The number of esters is 1. The van der Waals surface area contributed by atoms with E-state index in [9.17, 15) is 14.0 Å². The van der Waals surface area contributed by atoms with Crippen molar-refractivity contribution in [3.8, 4) is 5.75 Å². The molecule has 2 aromatic carbocycles. The fourth-order valence-corrected chi connectivity index (χ4v) is 2.35. The third-order valence-electron chi connectivity index (χ3n) is 3.16. The number of hydrogen-bond acceptors (Lipinski definition) is 4. The van der Waals surface area contributed by atoms with E-state index in [4.69, 9.17) is 4.74 Å². The molecule has 0 fully saturated rings. The Morgan fingerprint density at radius 2 is 1.92 bits per heavy atom. The highest BCUT2D eigenvalue weighted by Crippen LogP contribution is 2.27. The Morgan fingerprint density at radius 3 is 2.54 bits per heavy atom. The van der Waals surface area contributed by atoms with Crippen LogP contribution in [0.2, 0.25) is 0 Å². The van der Waals surface area contributed by atoms with E-state index in [1.165, 1.54) is 44.4 Å². The second-order valence-corrected chi connectivity index (χ2v) is 5.72. The molecule has 0 heterocycles. The van der Waals surface area contributed by atoms with Crippen molar-refractivity contribution in [2.45, 2.75) is 13.0 Å². The first-order valence-electron chi connectivity index (χ1n) is 7.02. The van der Waals surface area contributed by atoms with Crippen LogP contribution in [0.25, 0.3) is 0 Å². The van der Waals surface area contributed by atoms with Gasteiger partial charge in [0.25, 0.3) is 5.91 Å². The molecule has 0 aromatic heterocycles. The molecule has 0 aliphatic carbocycles. The van der Waals surface area contributed by atoms with Gasteiger partial charge >= 0.3 is 5.97 Å². The Hall–Kier alpha value is -2.41. The van der Waals surface area contributed by atoms with Gasteiger partial charge in [0.2, 0.25) is 0 Å². The van der Waals surface area contributed by atoms with Crippen LogP contribution in [-0.4, -0.2) is 25.1 Å². The number of carbonyl (C=O) groups is 2. The number of ether oxygens (including phenoxy) is 2. The smallest absolute Gasteiger partial charge is 0.337 e. The molecular formula is C17H15BrFNO4. The quantitative estimate of drug-likeness (QED) is 0.782. The van der Waals surface area contributed by atoms with Crippen LogP contribution in [0.4, 0.5) is 10.1 Å². The third kappa shape index (κ3) is 4.32. The molecule has 0 saturated heterocycles. The zero-order chi connectivity index (χ0) is 17.7. The number of amides is 1. The van der Waals surface area contributed by atoms with Gasteiger partial charge in [0, 0.05) is 0 Å². The molecule has 5 nitrogen and oxygen atoms in total. The Balaban J connectivity index is 2.06. The maximum atomic E-state index is 13.6. The highest BCUT2D eigenvalue weighted by molar-refractivity contribution is 9.10. The second kappa shape index (κ2) is 7.92. The first kappa shape index (κ1) is 17.9. The number of halogens is 2. The van der Waals surface area contributed by atoms with E-state index < -0.39 is 23.8 Å². The predicted molar refractivity (Wildman–Crippen MR) is 90.6 cm³/mol. The van der Waals surface area contributed by atoms with E-state index in [1.807, 2.05) is 0 Å². The molecule has 0 aliphatic heterocycles. The summed E-state index contributed by atoms with van der Waals surface area (Å²) < 4.78 is 24.2. The van der Waals surface area contributed by atoms with Crippen molar-refractivity contribution in [1.82, 2.24) is 0 Å². The minimum absolute atomic E-state index is 0.0815. The van der Waals surface area contributed by atoms with Gasteiger partial charge in [0.05, 0.1) is 22.8 Å². The number of para-hydroxylation sites is 1. The number of anilines is 1. The molecule has 2 aromatic rings. The van der Waals surface area contributed by atoms with E-state index >= 15 is 0 Å². The lowest BCUT2D eigenvalue weighted by Crippen LogP contribution is -2.30. The zero-order valence-corrected chi connectivity index (χ0v) is 14.6. The highest BCUT2D eigenvalue weighted by Gasteiger charge is 2.18.